The molecule has 0 aromatic heterocycles. The monoisotopic (exact) mass is 497 g/mol. The van der Waals surface area contributed by atoms with Gasteiger partial charge in [-0.15, -0.1) is 24.9 Å². The molecule has 3 saturated heterocycles. The molecule has 2 bridgehead atoms. The Balaban J connectivity index is 1.79. The number of hydrogen-bond acceptors (Lipinski definition) is 5. The van der Waals surface area contributed by atoms with E-state index < -0.39 is 22.6 Å². The molecule has 0 radical (unpaired) electrons. The Hall–Kier alpha value is -2.58. The van der Waals surface area contributed by atoms with E-state index >= 15 is 0 Å². The maximum Gasteiger partial charge on any atom is 0.251 e. The summed E-state index contributed by atoms with van der Waals surface area (Å²) in [6.07, 6.45) is 4.85. The highest BCUT2D eigenvalue weighted by Crippen LogP contribution is 2.66. The summed E-state index contributed by atoms with van der Waals surface area (Å²) in [5.41, 5.74) is 2.76. The minimum absolute atomic E-state index is 0.00310. The summed E-state index contributed by atoms with van der Waals surface area (Å²) in [7, 11) is 1.73. The van der Waals surface area contributed by atoms with Gasteiger partial charge in [0.25, 0.3) is 5.91 Å². The van der Waals surface area contributed by atoms with Gasteiger partial charge >= 0.3 is 0 Å². The van der Waals surface area contributed by atoms with Gasteiger partial charge < -0.3 is 19.8 Å². The van der Waals surface area contributed by atoms with Crippen LogP contribution in [0, 0.1) is 25.7 Å². The summed E-state index contributed by atoms with van der Waals surface area (Å²) in [6.45, 7) is 12.1. The van der Waals surface area contributed by atoms with E-state index in [1.54, 1.807) is 45.7 Å². The molecule has 4 rings (SSSR count). The molecule has 3 aliphatic rings. The molecule has 1 spiro atoms. The number of benzene rings is 1. The van der Waals surface area contributed by atoms with E-state index in [4.69, 9.17) is 0 Å². The average Bonchev–Trinajstić information content (AvgIpc) is 3.46. The lowest BCUT2D eigenvalue weighted by molar-refractivity contribution is -0.143. The number of hydrogen-bond donors (Lipinski definition) is 1. The lowest BCUT2D eigenvalue weighted by Gasteiger charge is -2.38. The molecule has 5 atom stereocenters. The van der Waals surface area contributed by atoms with Crippen molar-refractivity contribution in [1.29, 1.82) is 0 Å². The quantitative estimate of drug-likeness (QED) is 0.531. The van der Waals surface area contributed by atoms with Gasteiger partial charge in [-0.25, -0.2) is 0 Å². The van der Waals surface area contributed by atoms with Crippen LogP contribution in [0.5, 0.6) is 0 Å². The number of nitrogens with zero attached hydrogens (tertiary/aromatic N) is 3. The standard InChI is InChI=1S/C27H35N3O4S/c1-6-13-28(5)24(32)20-19-11-12-27(35-19)21(20)25(33)30(15-16-31)23(27)26(34)29(14-7-2)22-17(3)9-8-10-18(22)4/h6-10,19-21,23,31H,1-2,11-16H2,3-5H3/t19-,20+,21-,23?,27?/m0/s1. The molecule has 3 fully saturated rings. The molecule has 35 heavy (non-hydrogen) atoms. The first kappa shape index (κ1) is 25.5. The molecule has 0 saturated carbocycles. The van der Waals surface area contributed by atoms with Gasteiger partial charge in [-0.2, -0.15) is 0 Å². The first-order valence-electron chi connectivity index (χ1n) is 12.2. The molecular weight excluding hydrogens is 462 g/mol. The Bertz CT molecular complexity index is 1040. The minimum Gasteiger partial charge on any atom is -0.395 e. The number of aliphatic hydroxyl groups is 1. The summed E-state index contributed by atoms with van der Waals surface area (Å²) in [5.74, 6) is -1.49. The van der Waals surface area contributed by atoms with Gasteiger partial charge in [0.2, 0.25) is 11.8 Å². The molecule has 2 unspecified atom stereocenters. The van der Waals surface area contributed by atoms with Crippen molar-refractivity contribution >= 4 is 35.2 Å². The predicted octanol–water partition coefficient (Wildman–Crippen LogP) is 2.55. The summed E-state index contributed by atoms with van der Waals surface area (Å²) in [5, 5.41) is 9.83. The summed E-state index contributed by atoms with van der Waals surface area (Å²) < 4.78 is -0.681. The molecule has 0 aliphatic carbocycles. The van der Waals surface area contributed by atoms with Crippen LogP contribution in [0.1, 0.15) is 24.0 Å². The number of fused-ring (bicyclic) bond motifs is 1. The van der Waals surface area contributed by atoms with E-state index in [1.807, 2.05) is 32.0 Å². The molecule has 3 aliphatic heterocycles. The van der Waals surface area contributed by atoms with Crippen LogP contribution in [0.4, 0.5) is 5.69 Å². The number of likely N-dealkylation sites (N-methyl/N-ethyl adjacent to an activating group) is 1. The lowest BCUT2D eigenvalue weighted by Crippen LogP contribution is -2.55. The zero-order chi connectivity index (χ0) is 25.5. The second-order valence-electron chi connectivity index (χ2n) is 9.80. The molecule has 1 aromatic rings. The number of rotatable bonds is 9. The van der Waals surface area contributed by atoms with Crippen molar-refractivity contribution < 1.29 is 19.5 Å². The van der Waals surface area contributed by atoms with E-state index in [0.717, 1.165) is 23.2 Å². The smallest absolute Gasteiger partial charge is 0.251 e. The van der Waals surface area contributed by atoms with Crippen molar-refractivity contribution in [3.8, 4) is 0 Å². The summed E-state index contributed by atoms with van der Waals surface area (Å²) in [6, 6.07) is 5.15. The number of likely N-dealkylation sites (tertiary alicyclic amines) is 1. The minimum atomic E-state index is -0.747. The summed E-state index contributed by atoms with van der Waals surface area (Å²) in [4.78, 5) is 46.6. The van der Waals surface area contributed by atoms with Gasteiger partial charge in [-0.3, -0.25) is 14.4 Å². The van der Waals surface area contributed by atoms with Crippen LogP contribution in [0.15, 0.2) is 43.5 Å². The van der Waals surface area contributed by atoms with Gasteiger partial charge in [0.05, 0.1) is 23.2 Å². The van der Waals surface area contributed by atoms with Crippen molar-refractivity contribution in [3.63, 3.8) is 0 Å². The van der Waals surface area contributed by atoms with E-state index in [0.29, 0.717) is 19.5 Å². The zero-order valence-electron chi connectivity index (χ0n) is 20.8. The molecule has 7 nitrogen and oxygen atoms in total. The molecule has 188 valence electrons. The Morgan fingerprint density at radius 2 is 1.86 bits per heavy atom. The van der Waals surface area contributed by atoms with Crippen LogP contribution < -0.4 is 4.90 Å². The van der Waals surface area contributed by atoms with Crippen LogP contribution in [-0.4, -0.2) is 82.0 Å². The Morgan fingerprint density at radius 3 is 2.46 bits per heavy atom. The third-order valence-corrected chi connectivity index (χ3v) is 9.68. The number of amides is 3. The predicted molar refractivity (Wildman–Crippen MR) is 139 cm³/mol. The van der Waals surface area contributed by atoms with E-state index in [-0.39, 0.29) is 36.1 Å². The van der Waals surface area contributed by atoms with E-state index in [1.165, 1.54) is 0 Å². The van der Waals surface area contributed by atoms with E-state index in [9.17, 15) is 19.5 Å². The van der Waals surface area contributed by atoms with E-state index in [2.05, 4.69) is 13.2 Å². The fraction of sp³-hybridized carbons (Fsp3) is 0.519. The number of carbonyl (C=O) groups is 3. The van der Waals surface area contributed by atoms with Gasteiger partial charge in [0.15, 0.2) is 0 Å². The largest absolute Gasteiger partial charge is 0.395 e. The molecule has 3 heterocycles. The molecule has 8 heteroatoms. The Kier molecular flexibility index (Phi) is 7.16. The number of carbonyl (C=O) groups excluding carboxylic acids is 3. The maximum atomic E-state index is 14.4. The van der Waals surface area contributed by atoms with Crippen molar-refractivity contribution in [3.05, 3.63) is 54.6 Å². The number of aryl methyl sites for hydroxylation is 2. The topological polar surface area (TPSA) is 81.2 Å². The van der Waals surface area contributed by atoms with Crippen LogP contribution in [0.3, 0.4) is 0 Å². The highest BCUT2D eigenvalue weighted by atomic mass is 32.2. The molecule has 1 N–H and O–H groups in total. The Labute approximate surface area is 211 Å². The average molecular weight is 498 g/mol. The van der Waals surface area contributed by atoms with Gasteiger partial charge in [0, 0.05) is 37.6 Å². The van der Waals surface area contributed by atoms with Gasteiger partial charge in [-0.05, 0) is 37.8 Å². The van der Waals surface area contributed by atoms with Crippen molar-refractivity contribution in [2.45, 2.75) is 42.7 Å². The van der Waals surface area contributed by atoms with Crippen molar-refractivity contribution in [1.82, 2.24) is 9.80 Å². The summed E-state index contributed by atoms with van der Waals surface area (Å²) >= 11 is 1.64. The third-order valence-electron chi connectivity index (χ3n) is 7.73. The molecular formula is C27H35N3O4S. The lowest BCUT2D eigenvalue weighted by atomic mass is 9.70. The molecule has 3 amide bonds. The van der Waals surface area contributed by atoms with Crippen molar-refractivity contribution in [2.24, 2.45) is 11.8 Å². The number of para-hydroxylation sites is 1. The number of β-amino-alcohol motifs (C(OH)–C–C–N with tert-alkyl or cyclic N) is 1. The highest BCUT2D eigenvalue weighted by Gasteiger charge is 2.74. The Morgan fingerprint density at radius 1 is 1.20 bits per heavy atom. The van der Waals surface area contributed by atoms with Crippen LogP contribution in [0.25, 0.3) is 0 Å². The number of anilines is 1. The van der Waals surface area contributed by atoms with Crippen LogP contribution in [-0.2, 0) is 14.4 Å². The second kappa shape index (κ2) is 9.82. The first-order valence-corrected chi connectivity index (χ1v) is 13.0. The van der Waals surface area contributed by atoms with Crippen molar-refractivity contribution in [2.75, 3.05) is 38.2 Å². The number of aliphatic hydroxyl groups excluding tert-OH is 1. The first-order chi connectivity index (χ1) is 16.7. The van der Waals surface area contributed by atoms with Gasteiger partial charge in [-0.1, -0.05) is 30.4 Å². The zero-order valence-corrected chi connectivity index (χ0v) is 21.6. The van der Waals surface area contributed by atoms with Crippen LogP contribution >= 0.6 is 11.8 Å². The maximum absolute atomic E-state index is 14.4. The number of thioether (sulfide) groups is 1. The van der Waals surface area contributed by atoms with Crippen LogP contribution in [0.2, 0.25) is 0 Å². The molecule has 1 aromatic carbocycles. The SMILES string of the molecule is C=CCN(C)C(=O)[C@@H]1[C@@H]2CCC3(S2)C(C(=O)N(CC=C)c2c(C)cccc2C)N(CCO)C(=O)[C@H]13. The van der Waals surface area contributed by atoms with Gasteiger partial charge in [0.1, 0.15) is 6.04 Å². The second-order valence-corrected chi connectivity index (χ2v) is 11.4. The highest BCUT2D eigenvalue weighted by molar-refractivity contribution is 8.02. The fourth-order valence-corrected chi connectivity index (χ4v) is 8.61. The normalized spacial score (nSPS) is 28.7. The third kappa shape index (κ3) is 3.91. The fourth-order valence-electron chi connectivity index (χ4n) is 6.40.